The summed E-state index contributed by atoms with van der Waals surface area (Å²) < 4.78 is 1.80. The highest BCUT2D eigenvalue weighted by Gasteiger charge is 2.21. The zero-order valence-electron chi connectivity index (χ0n) is 13.8. The molecule has 26 heavy (non-hydrogen) atoms. The third-order valence-corrected chi connectivity index (χ3v) is 5.40. The predicted octanol–water partition coefficient (Wildman–Crippen LogP) is 3.47. The Morgan fingerprint density at radius 3 is 2.85 bits per heavy atom. The summed E-state index contributed by atoms with van der Waals surface area (Å²) in [6.45, 7) is 0. The van der Waals surface area contributed by atoms with E-state index in [9.17, 15) is 14.9 Å². The summed E-state index contributed by atoms with van der Waals surface area (Å²) in [7, 11) is 0. The second-order valence-electron chi connectivity index (χ2n) is 5.96. The Kier molecular flexibility index (Phi) is 6.04. The highest BCUT2D eigenvalue weighted by molar-refractivity contribution is 7.99. The maximum absolute atomic E-state index is 12.2. The zero-order valence-corrected chi connectivity index (χ0v) is 15.4. The molecule has 0 atom stereocenters. The van der Waals surface area contributed by atoms with Gasteiger partial charge in [0.2, 0.25) is 11.1 Å². The van der Waals surface area contributed by atoms with Crippen LogP contribution in [-0.2, 0) is 4.79 Å². The van der Waals surface area contributed by atoms with E-state index >= 15 is 0 Å². The van der Waals surface area contributed by atoms with Crippen molar-refractivity contribution < 1.29 is 9.72 Å². The predicted molar refractivity (Wildman–Crippen MR) is 97.4 cm³/mol. The minimum atomic E-state index is -0.543. The molecule has 0 unspecified atom stereocenters. The van der Waals surface area contributed by atoms with Crippen molar-refractivity contribution in [1.29, 1.82) is 0 Å². The lowest BCUT2D eigenvalue weighted by molar-refractivity contribution is -0.384. The van der Waals surface area contributed by atoms with Crippen molar-refractivity contribution in [2.45, 2.75) is 43.3 Å². The van der Waals surface area contributed by atoms with Crippen molar-refractivity contribution in [3.05, 3.63) is 33.3 Å². The molecule has 0 aliphatic heterocycles. The molecule has 0 radical (unpaired) electrons. The van der Waals surface area contributed by atoms with Gasteiger partial charge in [0, 0.05) is 12.1 Å². The van der Waals surface area contributed by atoms with Crippen molar-refractivity contribution in [2.75, 3.05) is 11.1 Å². The number of benzene rings is 1. The van der Waals surface area contributed by atoms with Crippen LogP contribution in [0.1, 0.15) is 38.1 Å². The van der Waals surface area contributed by atoms with Gasteiger partial charge >= 0.3 is 0 Å². The minimum absolute atomic E-state index is 0.112. The lowest BCUT2D eigenvalue weighted by atomic mass is 9.96. The third-order valence-electron chi connectivity index (χ3n) is 4.15. The number of carbonyl (C=O) groups excluding carboxylic acids is 1. The fraction of sp³-hybridized carbons (Fsp3) is 0.467. The SMILES string of the molecule is O=C(CSc1nnnn1C1CCCCC1)Nc1ccc([N+](=O)[O-])cc1Cl. The molecular formula is C15H17ClN6O3S. The fourth-order valence-corrected chi connectivity index (χ4v) is 3.84. The Morgan fingerprint density at radius 2 is 2.15 bits per heavy atom. The van der Waals surface area contributed by atoms with Crippen LogP contribution in [0.4, 0.5) is 11.4 Å². The van der Waals surface area contributed by atoms with Crippen LogP contribution in [0.15, 0.2) is 23.4 Å². The number of carbonyl (C=O) groups is 1. The van der Waals surface area contributed by atoms with Crippen molar-refractivity contribution in [3.8, 4) is 0 Å². The van der Waals surface area contributed by atoms with Gasteiger partial charge < -0.3 is 5.32 Å². The zero-order chi connectivity index (χ0) is 18.5. The molecule has 11 heteroatoms. The van der Waals surface area contributed by atoms with Crippen molar-refractivity contribution >= 4 is 40.6 Å². The molecule has 1 saturated carbocycles. The number of hydrogen-bond acceptors (Lipinski definition) is 7. The number of hydrogen-bond donors (Lipinski definition) is 1. The molecule has 1 aliphatic carbocycles. The number of thioether (sulfide) groups is 1. The van der Waals surface area contributed by atoms with Gasteiger partial charge in [-0.05, 0) is 29.3 Å². The van der Waals surface area contributed by atoms with Gasteiger partial charge in [0.05, 0.1) is 27.4 Å². The number of halogens is 1. The first-order valence-electron chi connectivity index (χ1n) is 8.19. The van der Waals surface area contributed by atoms with Crippen LogP contribution >= 0.6 is 23.4 Å². The van der Waals surface area contributed by atoms with Crippen LogP contribution in [0.25, 0.3) is 0 Å². The van der Waals surface area contributed by atoms with Crippen molar-refractivity contribution in [3.63, 3.8) is 0 Å². The average Bonchev–Trinajstić information content (AvgIpc) is 3.11. The van der Waals surface area contributed by atoms with E-state index in [-0.39, 0.29) is 28.4 Å². The summed E-state index contributed by atoms with van der Waals surface area (Å²) in [5.74, 6) is -0.176. The topological polar surface area (TPSA) is 116 Å². The van der Waals surface area contributed by atoms with E-state index in [1.54, 1.807) is 4.68 Å². The number of non-ortho nitro benzene ring substituents is 1. The number of nitro benzene ring substituents is 1. The number of anilines is 1. The van der Waals surface area contributed by atoms with Crippen LogP contribution in [0, 0.1) is 10.1 Å². The van der Waals surface area contributed by atoms with E-state index in [0.29, 0.717) is 10.8 Å². The maximum Gasteiger partial charge on any atom is 0.271 e. The summed E-state index contributed by atoms with van der Waals surface area (Å²) in [4.78, 5) is 22.3. The number of amides is 1. The Hall–Kier alpha value is -2.20. The van der Waals surface area contributed by atoms with Crippen LogP contribution in [0.5, 0.6) is 0 Å². The number of nitrogens with zero attached hydrogens (tertiary/aromatic N) is 5. The van der Waals surface area contributed by atoms with Gasteiger partial charge in [-0.2, -0.15) is 0 Å². The Morgan fingerprint density at radius 1 is 1.38 bits per heavy atom. The molecule has 0 saturated heterocycles. The van der Waals surface area contributed by atoms with Crippen LogP contribution in [0.2, 0.25) is 5.02 Å². The molecule has 1 N–H and O–H groups in total. The van der Waals surface area contributed by atoms with Crippen LogP contribution in [0.3, 0.4) is 0 Å². The highest BCUT2D eigenvalue weighted by atomic mass is 35.5. The molecule has 3 rings (SSSR count). The Balaban J connectivity index is 1.58. The molecule has 138 valence electrons. The van der Waals surface area contributed by atoms with Gasteiger partial charge in [0.15, 0.2) is 0 Å². The molecule has 2 aromatic rings. The quantitative estimate of drug-likeness (QED) is 0.451. The summed E-state index contributed by atoms with van der Waals surface area (Å²) in [6.07, 6.45) is 5.65. The Labute approximate surface area is 158 Å². The first kappa shape index (κ1) is 18.6. The van der Waals surface area contributed by atoms with Gasteiger partial charge in [0.1, 0.15) is 0 Å². The first-order valence-corrected chi connectivity index (χ1v) is 9.55. The summed E-state index contributed by atoms with van der Waals surface area (Å²) in [6, 6.07) is 4.19. The molecule has 1 aromatic heterocycles. The van der Waals surface area contributed by atoms with E-state index in [4.69, 9.17) is 11.6 Å². The number of tetrazole rings is 1. The lowest BCUT2D eigenvalue weighted by Gasteiger charge is -2.21. The summed E-state index contributed by atoms with van der Waals surface area (Å²) in [5.41, 5.74) is 0.198. The van der Waals surface area contributed by atoms with Gasteiger partial charge in [0.25, 0.3) is 5.69 Å². The molecule has 1 amide bonds. The molecule has 1 aliphatic rings. The number of nitrogens with one attached hydrogen (secondary N) is 1. The number of nitro groups is 1. The van der Waals surface area contributed by atoms with Gasteiger partial charge in [-0.1, -0.05) is 42.6 Å². The normalized spacial score (nSPS) is 15.0. The highest BCUT2D eigenvalue weighted by Crippen LogP contribution is 2.30. The Bertz CT molecular complexity index is 808. The number of rotatable bonds is 6. The van der Waals surface area contributed by atoms with Gasteiger partial charge in [-0.15, -0.1) is 5.10 Å². The minimum Gasteiger partial charge on any atom is -0.324 e. The maximum atomic E-state index is 12.2. The summed E-state index contributed by atoms with van der Waals surface area (Å²) in [5, 5.41) is 25.9. The van der Waals surface area contributed by atoms with Crippen molar-refractivity contribution in [2.24, 2.45) is 0 Å². The van der Waals surface area contributed by atoms with E-state index in [1.165, 1.54) is 36.4 Å². The standard InChI is InChI=1S/C15H17ClN6O3S/c16-12-8-11(22(24)25)6-7-13(12)17-14(23)9-26-15-18-19-20-21(15)10-4-2-1-3-5-10/h6-8,10H,1-5,9H2,(H,17,23). The second kappa shape index (κ2) is 8.45. The second-order valence-corrected chi connectivity index (χ2v) is 7.31. The largest absolute Gasteiger partial charge is 0.324 e. The van der Waals surface area contributed by atoms with E-state index in [1.807, 2.05) is 0 Å². The number of aromatic nitrogens is 4. The monoisotopic (exact) mass is 396 g/mol. The van der Waals surface area contributed by atoms with Crippen LogP contribution in [-0.4, -0.2) is 36.8 Å². The van der Waals surface area contributed by atoms with Crippen LogP contribution < -0.4 is 5.32 Å². The summed E-state index contributed by atoms with van der Waals surface area (Å²) >= 11 is 7.23. The first-order chi connectivity index (χ1) is 12.5. The average molecular weight is 397 g/mol. The van der Waals surface area contributed by atoms with Gasteiger partial charge in [-0.25, -0.2) is 4.68 Å². The molecule has 1 fully saturated rings. The smallest absolute Gasteiger partial charge is 0.271 e. The molecule has 9 nitrogen and oxygen atoms in total. The van der Waals surface area contributed by atoms with Gasteiger partial charge in [-0.3, -0.25) is 14.9 Å². The molecule has 1 heterocycles. The van der Waals surface area contributed by atoms with E-state index < -0.39 is 4.92 Å². The molecule has 1 aromatic carbocycles. The molecule has 0 bridgehead atoms. The molecule has 0 spiro atoms. The van der Waals surface area contributed by atoms with Crippen molar-refractivity contribution in [1.82, 2.24) is 20.2 Å². The lowest BCUT2D eigenvalue weighted by Crippen LogP contribution is -2.17. The van der Waals surface area contributed by atoms with E-state index in [2.05, 4.69) is 20.8 Å². The third kappa shape index (κ3) is 4.50. The fourth-order valence-electron chi connectivity index (χ4n) is 2.87. The molecular weight excluding hydrogens is 380 g/mol. The van der Waals surface area contributed by atoms with E-state index in [0.717, 1.165) is 25.7 Å².